The van der Waals surface area contributed by atoms with Crippen LogP contribution in [-0.4, -0.2) is 19.1 Å². The molecule has 0 aliphatic heterocycles. The predicted octanol–water partition coefficient (Wildman–Crippen LogP) is 1.50. The summed E-state index contributed by atoms with van der Waals surface area (Å²) in [6, 6.07) is 0. The second kappa shape index (κ2) is 4.43. The van der Waals surface area contributed by atoms with Gasteiger partial charge in [0.25, 0.3) is 0 Å². The Labute approximate surface area is 46.5 Å². The number of rotatable bonds is 3. The van der Waals surface area contributed by atoms with Gasteiger partial charge in [0.1, 0.15) is 13.3 Å². The van der Waals surface area contributed by atoms with Gasteiger partial charge in [-0.1, -0.05) is 6.08 Å². The van der Waals surface area contributed by atoms with Crippen molar-refractivity contribution in [3.8, 4) is 0 Å². The molecule has 0 heterocycles. The van der Waals surface area contributed by atoms with Crippen LogP contribution in [0.3, 0.4) is 0 Å². The molecule has 8 heavy (non-hydrogen) atoms. The number of nitrogens with one attached hydrogen (secondary N) is 1. The van der Waals surface area contributed by atoms with Crippen molar-refractivity contribution in [3.63, 3.8) is 0 Å². The smallest absolute Gasteiger partial charge is 0.131 e. The zero-order valence-electron chi connectivity index (χ0n) is 4.32. The van der Waals surface area contributed by atoms with E-state index in [1.165, 1.54) is 0 Å². The Kier molecular flexibility index (Phi) is 4.03. The highest BCUT2D eigenvalue weighted by molar-refractivity contribution is 5.93. The molecule has 0 amide bonds. The van der Waals surface area contributed by atoms with Crippen LogP contribution in [0.5, 0.6) is 0 Å². The van der Waals surface area contributed by atoms with E-state index in [4.69, 9.17) is 5.41 Å². The third kappa shape index (κ3) is 3.46. The second-order valence-corrected chi connectivity index (χ2v) is 1.22. The van der Waals surface area contributed by atoms with Gasteiger partial charge in [0.2, 0.25) is 0 Å². The van der Waals surface area contributed by atoms with Gasteiger partial charge in [0, 0.05) is 0 Å². The lowest BCUT2D eigenvalue weighted by atomic mass is 10.4. The minimum absolute atomic E-state index is 0.192. The van der Waals surface area contributed by atoms with Crippen LogP contribution in [0.15, 0.2) is 12.2 Å². The van der Waals surface area contributed by atoms with Gasteiger partial charge in [0.05, 0.1) is 5.71 Å². The molecule has 1 N–H and O–H groups in total. The minimum atomic E-state index is -0.823. The molecular formula is C5H7F2N. The Morgan fingerprint density at radius 1 is 1.50 bits per heavy atom. The maximum Gasteiger partial charge on any atom is 0.131 e. The van der Waals surface area contributed by atoms with Gasteiger partial charge in [0.15, 0.2) is 0 Å². The number of hydrogen-bond acceptors (Lipinski definition) is 1. The zero-order valence-corrected chi connectivity index (χ0v) is 4.32. The molecule has 0 unspecified atom stereocenters. The van der Waals surface area contributed by atoms with E-state index in [1.54, 1.807) is 0 Å². The van der Waals surface area contributed by atoms with Gasteiger partial charge in [-0.2, -0.15) is 0 Å². The van der Waals surface area contributed by atoms with Gasteiger partial charge in [-0.3, -0.25) is 0 Å². The summed E-state index contributed by atoms with van der Waals surface area (Å²) in [5.41, 5.74) is -0.192. The Morgan fingerprint density at radius 3 is 2.50 bits per heavy atom. The minimum Gasteiger partial charge on any atom is -0.303 e. The Bertz CT molecular complexity index is 98.6. The van der Waals surface area contributed by atoms with Crippen LogP contribution in [0.25, 0.3) is 0 Å². The third-order valence-corrected chi connectivity index (χ3v) is 0.552. The summed E-state index contributed by atoms with van der Waals surface area (Å²) >= 11 is 0. The monoisotopic (exact) mass is 119 g/mol. The van der Waals surface area contributed by atoms with Crippen molar-refractivity contribution in [2.24, 2.45) is 0 Å². The lowest BCUT2D eigenvalue weighted by molar-refractivity contribution is 0.561. The van der Waals surface area contributed by atoms with Crippen molar-refractivity contribution in [2.75, 3.05) is 13.3 Å². The van der Waals surface area contributed by atoms with E-state index in [9.17, 15) is 8.78 Å². The lowest BCUT2D eigenvalue weighted by Gasteiger charge is -1.82. The summed E-state index contributed by atoms with van der Waals surface area (Å²) in [5, 5.41) is 6.61. The summed E-state index contributed by atoms with van der Waals surface area (Å²) < 4.78 is 22.5. The molecule has 0 aliphatic rings. The van der Waals surface area contributed by atoms with E-state index < -0.39 is 13.3 Å². The largest absolute Gasteiger partial charge is 0.303 e. The van der Waals surface area contributed by atoms with Gasteiger partial charge >= 0.3 is 0 Å². The van der Waals surface area contributed by atoms with Gasteiger partial charge < -0.3 is 5.41 Å². The number of alkyl halides is 2. The van der Waals surface area contributed by atoms with Crippen LogP contribution < -0.4 is 0 Å². The van der Waals surface area contributed by atoms with Crippen LogP contribution in [-0.2, 0) is 0 Å². The van der Waals surface area contributed by atoms with Gasteiger partial charge in [-0.05, 0) is 6.08 Å². The topological polar surface area (TPSA) is 23.9 Å². The van der Waals surface area contributed by atoms with Crippen LogP contribution in [0.1, 0.15) is 0 Å². The van der Waals surface area contributed by atoms with Crippen LogP contribution in [0.4, 0.5) is 8.78 Å². The van der Waals surface area contributed by atoms with Crippen molar-refractivity contribution in [2.45, 2.75) is 0 Å². The average molecular weight is 119 g/mol. The molecule has 0 fully saturated rings. The van der Waals surface area contributed by atoms with Gasteiger partial charge in [-0.15, -0.1) is 0 Å². The summed E-state index contributed by atoms with van der Waals surface area (Å²) in [5.74, 6) is 0. The fraction of sp³-hybridized carbons (Fsp3) is 0.400. The molecule has 0 rings (SSSR count). The third-order valence-electron chi connectivity index (χ3n) is 0.552. The Hall–Kier alpha value is -0.730. The molecule has 46 valence electrons. The highest BCUT2D eigenvalue weighted by atomic mass is 19.1. The summed E-state index contributed by atoms with van der Waals surface area (Å²) in [7, 11) is 0. The molecule has 0 bridgehead atoms. The summed E-state index contributed by atoms with van der Waals surface area (Å²) in [4.78, 5) is 0. The molecule has 0 aromatic rings. The molecule has 1 nitrogen and oxygen atoms in total. The molecule has 3 heteroatoms. The van der Waals surface area contributed by atoms with Crippen LogP contribution >= 0.6 is 0 Å². The number of hydrogen-bond donors (Lipinski definition) is 1. The van der Waals surface area contributed by atoms with Crippen molar-refractivity contribution in [1.82, 2.24) is 0 Å². The Morgan fingerprint density at radius 2 is 2.12 bits per heavy atom. The summed E-state index contributed by atoms with van der Waals surface area (Å²) in [6.45, 7) is -1.46. The van der Waals surface area contributed by atoms with E-state index >= 15 is 0 Å². The first-order valence-electron chi connectivity index (χ1n) is 2.17. The Balaban J connectivity index is 3.37. The molecule has 0 aliphatic carbocycles. The zero-order chi connectivity index (χ0) is 6.41. The van der Waals surface area contributed by atoms with Crippen molar-refractivity contribution in [3.05, 3.63) is 12.2 Å². The van der Waals surface area contributed by atoms with E-state index in [2.05, 4.69) is 0 Å². The molecule has 0 atom stereocenters. The molecular weight excluding hydrogens is 112 g/mol. The molecule has 0 saturated heterocycles. The van der Waals surface area contributed by atoms with E-state index in [0.717, 1.165) is 12.2 Å². The first-order valence-corrected chi connectivity index (χ1v) is 2.17. The maximum absolute atomic E-state index is 11.3. The fourth-order valence-corrected chi connectivity index (χ4v) is 0.231. The molecule has 0 aromatic carbocycles. The van der Waals surface area contributed by atoms with Crippen molar-refractivity contribution in [1.29, 1.82) is 5.41 Å². The SMILES string of the molecule is N=C(/C=C/CF)CF. The van der Waals surface area contributed by atoms with Crippen LogP contribution in [0, 0.1) is 5.41 Å². The van der Waals surface area contributed by atoms with E-state index in [-0.39, 0.29) is 5.71 Å². The van der Waals surface area contributed by atoms with E-state index in [0.29, 0.717) is 0 Å². The first-order chi connectivity index (χ1) is 3.81. The quantitative estimate of drug-likeness (QED) is 0.544. The first kappa shape index (κ1) is 7.27. The molecule has 0 aromatic heterocycles. The van der Waals surface area contributed by atoms with Crippen molar-refractivity contribution >= 4 is 5.71 Å². The maximum atomic E-state index is 11.3. The normalized spacial score (nSPS) is 10.2. The van der Waals surface area contributed by atoms with Crippen molar-refractivity contribution < 1.29 is 8.78 Å². The van der Waals surface area contributed by atoms with E-state index in [1.807, 2.05) is 0 Å². The summed E-state index contributed by atoms with van der Waals surface area (Å²) in [6.07, 6.45) is 2.21. The average Bonchev–Trinajstić information content (AvgIpc) is 1.83. The number of allylic oxidation sites excluding steroid dienone is 2. The molecule has 0 saturated carbocycles. The second-order valence-electron chi connectivity index (χ2n) is 1.22. The predicted molar refractivity (Wildman–Crippen MR) is 28.8 cm³/mol. The highest BCUT2D eigenvalue weighted by Crippen LogP contribution is 1.79. The number of halogens is 2. The fourth-order valence-electron chi connectivity index (χ4n) is 0.231. The molecule has 0 radical (unpaired) electrons. The molecule has 0 spiro atoms. The standard InChI is InChI=1S/C5H7F2N/c6-3-1-2-5(8)4-7/h1-2,8H,3-4H2/b2-1+,8-5?. The van der Waals surface area contributed by atoms with Crippen LogP contribution in [0.2, 0.25) is 0 Å². The lowest BCUT2D eigenvalue weighted by Crippen LogP contribution is -1.91. The highest BCUT2D eigenvalue weighted by Gasteiger charge is 1.83. The van der Waals surface area contributed by atoms with Gasteiger partial charge in [-0.25, -0.2) is 8.78 Å².